The van der Waals surface area contributed by atoms with E-state index in [2.05, 4.69) is 15.3 Å². The summed E-state index contributed by atoms with van der Waals surface area (Å²) < 4.78 is 0. The van der Waals surface area contributed by atoms with Gasteiger partial charge in [0, 0.05) is 37.9 Å². The van der Waals surface area contributed by atoms with Gasteiger partial charge in [-0.15, -0.1) is 0 Å². The lowest BCUT2D eigenvalue weighted by atomic mass is 10.1. The standard InChI is InChI=1S/C16H19BN4O2/c17-21(10-6-14-4-2-8-19-12-14)16(23)15(22)20-9-5-13-3-1-7-18-11-13/h1-4,7-8,11-12H,5-6,9-10,17H2,(H,20,22). The molecule has 118 valence electrons. The number of nitrogens with one attached hydrogen (secondary N) is 1. The van der Waals surface area contributed by atoms with Gasteiger partial charge in [-0.3, -0.25) is 19.6 Å². The second-order valence-corrected chi connectivity index (χ2v) is 5.21. The maximum absolute atomic E-state index is 12.0. The smallest absolute Gasteiger partial charge is 0.308 e. The minimum Gasteiger partial charge on any atom is -0.385 e. The van der Waals surface area contributed by atoms with Gasteiger partial charge in [0.25, 0.3) is 5.91 Å². The van der Waals surface area contributed by atoms with Crippen molar-refractivity contribution < 1.29 is 9.59 Å². The van der Waals surface area contributed by atoms with Crippen molar-refractivity contribution in [3.05, 3.63) is 60.2 Å². The number of amides is 2. The molecule has 0 aliphatic carbocycles. The minimum atomic E-state index is -0.581. The summed E-state index contributed by atoms with van der Waals surface area (Å²) in [4.78, 5) is 33.3. The maximum Gasteiger partial charge on any atom is 0.308 e. The molecule has 7 heteroatoms. The number of nitrogens with zero attached hydrogens (tertiary/aromatic N) is 3. The molecule has 0 fully saturated rings. The number of carbonyl (C=O) groups excluding carboxylic acids is 2. The van der Waals surface area contributed by atoms with Crippen LogP contribution in [-0.4, -0.2) is 47.7 Å². The van der Waals surface area contributed by atoms with E-state index in [0.29, 0.717) is 25.9 Å². The van der Waals surface area contributed by atoms with Gasteiger partial charge in [-0.1, -0.05) is 12.1 Å². The van der Waals surface area contributed by atoms with E-state index < -0.39 is 11.8 Å². The summed E-state index contributed by atoms with van der Waals surface area (Å²) in [7, 11) is 1.62. The van der Waals surface area contributed by atoms with Crippen molar-refractivity contribution >= 4 is 19.8 Å². The van der Waals surface area contributed by atoms with E-state index in [0.717, 1.165) is 11.1 Å². The monoisotopic (exact) mass is 310 g/mol. The van der Waals surface area contributed by atoms with Crippen molar-refractivity contribution in [1.82, 2.24) is 20.1 Å². The van der Waals surface area contributed by atoms with E-state index >= 15 is 0 Å². The molecule has 2 rings (SSSR count). The Morgan fingerprint density at radius 1 is 1.04 bits per heavy atom. The number of hydrogen-bond donors (Lipinski definition) is 1. The highest BCUT2D eigenvalue weighted by Gasteiger charge is 2.17. The lowest BCUT2D eigenvalue weighted by Crippen LogP contribution is -2.43. The topological polar surface area (TPSA) is 75.2 Å². The van der Waals surface area contributed by atoms with Gasteiger partial charge >= 0.3 is 5.91 Å². The van der Waals surface area contributed by atoms with Crippen LogP contribution in [0.25, 0.3) is 0 Å². The number of rotatable bonds is 6. The molecule has 0 radical (unpaired) electrons. The van der Waals surface area contributed by atoms with Gasteiger partial charge < -0.3 is 10.1 Å². The zero-order valence-electron chi connectivity index (χ0n) is 13.1. The molecule has 2 amide bonds. The molecule has 0 aliphatic heterocycles. The zero-order valence-corrected chi connectivity index (χ0v) is 13.1. The quantitative estimate of drug-likeness (QED) is 0.590. The molecular weight excluding hydrogens is 291 g/mol. The third-order valence-corrected chi connectivity index (χ3v) is 3.42. The average molecular weight is 310 g/mol. The molecular formula is C16H19BN4O2. The summed E-state index contributed by atoms with van der Waals surface area (Å²) in [5.41, 5.74) is 2.05. The Morgan fingerprint density at radius 2 is 1.65 bits per heavy atom. The second kappa shape index (κ2) is 8.68. The summed E-state index contributed by atoms with van der Waals surface area (Å²) >= 11 is 0. The van der Waals surface area contributed by atoms with Gasteiger partial charge in [0.05, 0.1) is 0 Å². The van der Waals surface area contributed by atoms with Gasteiger partial charge in [0.1, 0.15) is 0 Å². The highest BCUT2D eigenvalue weighted by Crippen LogP contribution is 1.99. The third-order valence-electron chi connectivity index (χ3n) is 3.42. The molecule has 2 aromatic heterocycles. The van der Waals surface area contributed by atoms with Crippen LogP contribution < -0.4 is 5.32 Å². The molecule has 2 heterocycles. The molecule has 0 saturated heterocycles. The molecule has 0 atom stereocenters. The summed E-state index contributed by atoms with van der Waals surface area (Å²) in [5.74, 6) is -1.11. The first-order chi connectivity index (χ1) is 11.2. The van der Waals surface area contributed by atoms with Crippen LogP contribution in [0.3, 0.4) is 0 Å². The van der Waals surface area contributed by atoms with Crippen LogP contribution in [0, 0.1) is 0 Å². The second-order valence-electron chi connectivity index (χ2n) is 5.21. The normalized spacial score (nSPS) is 10.1. The Bertz CT molecular complexity index is 637. The van der Waals surface area contributed by atoms with Crippen molar-refractivity contribution in [2.45, 2.75) is 12.8 Å². The van der Waals surface area contributed by atoms with Gasteiger partial charge in [-0.25, -0.2) is 0 Å². The van der Waals surface area contributed by atoms with Crippen LogP contribution >= 0.6 is 0 Å². The van der Waals surface area contributed by atoms with Gasteiger partial charge in [0.15, 0.2) is 0 Å². The Morgan fingerprint density at radius 3 is 2.22 bits per heavy atom. The van der Waals surface area contributed by atoms with Crippen molar-refractivity contribution in [2.75, 3.05) is 13.1 Å². The SMILES string of the molecule is BN(CCc1cccnc1)C(=O)C(=O)NCCc1cccnc1. The van der Waals surface area contributed by atoms with Gasteiger partial charge in [-0.05, 0) is 36.1 Å². The van der Waals surface area contributed by atoms with Crippen LogP contribution in [0.1, 0.15) is 11.1 Å². The molecule has 0 aliphatic rings. The van der Waals surface area contributed by atoms with Crippen LogP contribution in [0.4, 0.5) is 0 Å². The summed E-state index contributed by atoms with van der Waals surface area (Å²) in [6.07, 6.45) is 8.21. The largest absolute Gasteiger partial charge is 0.385 e. The molecule has 0 spiro atoms. The van der Waals surface area contributed by atoms with Crippen LogP contribution in [0.15, 0.2) is 49.1 Å². The Kier molecular flexibility index (Phi) is 6.29. The van der Waals surface area contributed by atoms with E-state index in [1.165, 1.54) is 4.81 Å². The summed E-state index contributed by atoms with van der Waals surface area (Å²) in [5, 5.41) is 2.64. The van der Waals surface area contributed by atoms with E-state index in [-0.39, 0.29) is 0 Å². The van der Waals surface area contributed by atoms with Gasteiger partial charge in [-0.2, -0.15) is 0 Å². The lowest BCUT2D eigenvalue weighted by molar-refractivity contribution is -0.142. The van der Waals surface area contributed by atoms with Crippen molar-refractivity contribution in [3.8, 4) is 0 Å². The van der Waals surface area contributed by atoms with Crippen LogP contribution in [-0.2, 0) is 22.4 Å². The first kappa shape index (κ1) is 16.7. The van der Waals surface area contributed by atoms with Crippen LogP contribution in [0.5, 0.6) is 0 Å². The lowest BCUT2D eigenvalue weighted by Gasteiger charge is -2.17. The van der Waals surface area contributed by atoms with E-state index in [1.54, 1.807) is 32.8 Å². The molecule has 2 aromatic rings. The molecule has 0 aromatic carbocycles. The number of carbonyl (C=O) groups is 2. The summed E-state index contributed by atoms with van der Waals surface area (Å²) in [6, 6.07) is 7.57. The predicted octanol–water partition coefficient (Wildman–Crippen LogP) is -0.245. The van der Waals surface area contributed by atoms with E-state index in [1.807, 2.05) is 24.3 Å². The molecule has 1 N–H and O–H groups in total. The highest BCUT2D eigenvalue weighted by molar-refractivity contribution is 6.40. The molecule has 0 saturated carbocycles. The number of aromatic nitrogens is 2. The Balaban J connectivity index is 1.72. The maximum atomic E-state index is 12.0. The van der Waals surface area contributed by atoms with E-state index in [9.17, 15) is 9.59 Å². The highest BCUT2D eigenvalue weighted by atomic mass is 16.2. The average Bonchev–Trinajstić information content (AvgIpc) is 2.60. The Labute approximate surface area is 136 Å². The van der Waals surface area contributed by atoms with E-state index in [4.69, 9.17) is 0 Å². The van der Waals surface area contributed by atoms with Crippen molar-refractivity contribution in [3.63, 3.8) is 0 Å². The molecule has 0 unspecified atom stereocenters. The van der Waals surface area contributed by atoms with Crippen LogP contribution in [0.2, 0.25) is 0 Å². The summed E-state index contributed by atoms with van der Waals surface area (Å²) in [6.45, 7) is 0.882. The fourth-order valence-electron chi connectivity index (χ4n) is 2.06. The van der Waals surface area contributed by atoms with Gasteiger partial charge in [0.2, 0.25) is 7.98 Å². The fraction of sp³-hybridized carbons (Fsp3) is 0.250. The fourth-order valence-corrected chi connectivity index (χ4v) is 2.06. The first-order valence-corrected chi connectivity index (χ1v) is 7.48. The number of hydrogen-bond acceptors (Lipinski definition) is 4. The molecule has 23 heavy (non-hydrogen) atoms. The number of pyridine rings is 2. The van der Waals surface area contributed by atoms with Crippen molar-refractivity contribution in [1.29, 1.82) is 0 Å². The zero-order chi connectivity index (χ0) is 16.5. The Hall–Kier alpha value is -2.70. The van der Waals surface area contributed by atoms with Crippen molar-refractivity contribution in [2.24, 2.45) is 0 Å². The third kappa shape index (κ3) is 5.54. The minimum absolute atomic E-state index is 0.409. The molecule has 0 bridgehead atoms. The first-order valence-electron chi connectivity index (χ1n) is 7.48. The molecule has 6 nitrogen and oxygen atoms in total. The predicted molar refractivity (Wildman–Crippen MR) is 89.1 cm³/mol.